The molecule has 26 heavy (non-hydrogen) atoms. The summed E-state index contributed by atoms with van der Waals surface area (Å²) in [5.41, 5.74) is 3.19. The Bertz CT molecular complexity index is 787. The molecule has 2 aromatic rings. The fourth-order valence-corrected chi connectivity index (χ4v) is 3.56. The van der Waals surface area contributed by atoms with Crippen LogP contribution in [0.4, 0.5) is 11.4 Å². The van der Waals surface area contributed by atoms with Crippen molar-refractivity contribution >= 4 is 17.3 Å². The number of carbonyl (C=O) groups excluding carboxylic acids is 1. The lowest BCUT2D eigenvalue weighted by Crippen LogP contribution is -2.43. The number of rotatable bonds is 6. The molecule has 0 saturated heterocycles. The van der Waals surface area contributed by atoms with Crippen molar-refractivity contribution < 1.29 is 9.90 Å². The van der Waals surface area contributed by atoms with E-state index >= 15 is 0 Å². The zero-order chi connectivity index (χ0) is 18.7. The van der Waals surface area contributed by atoms with Gasteiger partial charge in [-0.1, -0.05) is 19.1 Å². The fourth-order valence-electron chi connectivity index (χ4n) is 3.56. The van der Waals surface area contributed by atoms with Gasteiger partial charge >= 0.3 is 0 Å². The third-order valence-electron chi connectivity index (χ3n) is 4.92. The van der Waals surface area contributed by atoms with E-state index in [1.54, 1.807) is 11.0 Å². The van der Waals surface area contributed by atoms with Crippen LogP contribution in [0.25, 0.3) is 0 Å². The van der Waals surface area contributed by atoms with Crippen molar-refractivity contribution in [2.45, 2.75) is 33.4 Å². The molecule has 3 rings (SSSR count). The molecule has 0 aliphatic carbocycles. The molecule has 1 amide bonds. The second kappa shape index (κ2) is 7.68. The number of hydrogen-bond donors (Lipinski definition) is 2. The van der Waals surface area contributed by atoms with E-state index in [0.29, 0.717) is 12.1 Å². The highest BCUT2D eigenvalue weighted by atomic mass is 16.3. The number of amides is 1. The standard InChI is InChI=1S/C21H27N3O2/c1-4-13-24-20(22-18-10-8-7-9-16(18)21(24)26)17-12-11-15(14-19(17)25)23(5-2)6-3/h7-12,14,20,22,25H,4-6,13H2,1-3H3/t20-/m1/s1. The van der Waals surface area contributed by atoms with Crippen molar-refractivity contribution in [2.24, 2.45) is 0 Å². The Morgan fingerprint density at radius 3 is 2.50 bits per heavy atom. The summed E-state index contributed by atoms with van der Waals surface area (Å²) in [4.78, 5) is 16.9. The minimum atomic E-state index is -0.372. The molecule has 2 aromatic carbocycles. The van der Waals surface area contributed by atoms with Crippen LogP contribution in [-0.4, -0.2) is 35.5 Å². The Hall–Kier alpha value is -2.69. The average Bonchev–Trinajstić information content (AvgIpc) is 2.65. The first-order valence-electron chi connectivity index (χ1n) is 9.35. The molecule has 0 saturated carbocycles. The number of nitrogens with one attached hydrogen (secondary N) is 1. The van der Waals surface area contributed by atoms with E-state index in [0.717, 1.165) is 36.4 Å². The van der Waals surface area contributed by atoms with Crippen molar-refractivity contribution in [3.05, 3.63) is 53.6 Å². The van der Waals surface area contributed by atoms with Gasteiger partial charge in [0.15, 0.2) is 0 Å². The Kier molecular flexibility index (Phi) is 5.35. The lowest BCUT2D eigenvalue weighted by molar-refractivity contribution is 0.0681. The van der Waals surface area contributed by atoms with Gasteiger partial charge in [0.25, 0.3) is 5.91 Å². The van der Waals surface area contributed by atoms with Gasteiger partial charge in [-0.05, 0) is 44.5 Å². The minimum absolute atomic E-state index is 0.00146. The van der Waals surface area contributed by atoms with Crippen LogP contribution >= 0.6 is 0 Å². The number of hydrogen-bond acceptors (Lipinski definition) is 4. The molecule has 0 radical (unpaired) electrons. The van der Waals surface area contributed by atoms with Gasteiger partial charge in [0, 0.05) is 42.6 Å². The molecule has 1 aliphatic heterocycles. The second-order valence-electron chi connectivity index (χ2n) is 6.51. The fraction of sp³-hybridized carbons (Fsp3) is 0.381. The quantitative estimate of drug-likeness (QED) is 0.817. The summed E-state index contributed by atoms with van der Waals surface area (Å²) in [7, 11) is 0. The van der Waals surface area contributed by atoms with E-state index in [2.05, 4.69) is 24.1 Å². The van der Waals surface area contributed by atoms with Crippen LogP contribution in [0.5, 0.6) is 5.75 Å². The second-order valence-corrected chi connectivity index (χ2v) is 6.51. The van der Waals surface area contributed by atoms with Crippen LogP contribution in [0.1, 0.15) is 49.3 Å². The van der Waals surface area contributed by atoms with Crippen LogP contribution < -0.4 is 10.2 Å². The minimum Gasteiger partial charge on any atom is -0.507 e. The molecule has 0 spiro atoms. The highest BCUT2D eigenvalue weighted by Gasteiger charge is 2.33. The molecule has 0 unspecified atom stereocenters. The number of aromatic hydroxyl groups is 1. The first-order valence-corrected chi connectivity index (χ1v) is 9.35. The van der Waals surface area contributed by atoms with Gasteiger partial charge in [-0.2, -0.15) is 0 Å². The maximum atomic E-state index is 13.0. The normalized spacial score (nSPS) is 16.2. The van der Waals surface area contributed by atoms with Crippen LogP contribution in [0.3, 0.4) is 0 Å². The monoisotopic (exact) mass is 353 g/mol. The highest BCUT2D eigenvalue weighted by molar-refractivity contribution is 6.01. The average molecular weight is 353 g/mol. The van der Waals surface area contributed by atoms with Crippen molar-refractivity contribution in [1.29, 1.82) is 0 Å². The van der Waals surface area contributed by atoms with Gasteiger partial charge in [-0.3, -0.25) is 4.79 Å². The smallest absolute Gasteiger partial charge is 0.257 e. The van der Waals surface area contributed by atoms with Gasteiger partial charge < -0.3 is 20.2 Å². The van der Waals surface area contributed by atoms with Crippen molar-refractivity contribution in [3.8, 4) is 5.75 Å². The maximum Gasteiger partial charge on any atom is 0.257 e. The molecule has 1 heterocycles. The van der Waals surface area contributed by atoms with E-state index in [9.17, 15) is 9.90 Å². The summed E-state index contributed by atoms with van der Waals surface area (Å²) in [6.07, 6.45) is 0.479. The van der Waals surface area contributed by atoms with E-state index < -0.39 is 0 Å². The Balaban J connectivity index is 2.00. The number of fused-ring (bicyclic) bond motifs is 1. The summed E-state index contributed by atoms with van der Waals surface area (Å²) in [5, 5.41) is 14.1. The molecule has 0 bridgehead atoms. The summed E-state index contributed by atoms with van der Waals surface area (Å²) in [5.74, 6) is 0.207. The highest BCUT2D eigenvalue weighted by Crippen LogP contribution is 2.37. The molecule has 5 nitrogen and oxygen atoms in total. The van der Waals surface area contributed by atoms with Crippen molar-refractivity contribution in [3.63, 3.8) is 0 Å². The first kappa shape index (κ1) is 18.1. The van der Waals surface area contributed by atoms with E-state index in [1.807, 2.05) is 43.3 Å². The number of anilines is 2. The lowest BCUT2D eigenvalue weighted by atomic mass is 10.0. The van der Waals surface area contributed by atoms with Gasteiger partial charge in [0.2, 0.25) is 0 Å². The Labute approximate surface area is 155 Å². The number of para-hydroxylation sites is 1. The molecule has 1 atom stereocenters. The Morgan fingerprint density at radius 1 is 1.12 bits per heavy atom. The number of benzene rings is 2. The van der Waals surface area contributed by atoms with E-state index in [-0.39, 0.29) is 17.8 Å². The summed E-state index contributed by atoms with van der Waals surface area (Å²) < 4.78 is 0. The van der Waals surface area contributed by atoms with Crippen molar-refractivity contribution in [2.75, 3.05) is 29.9 Å². The predicted molar refractivity (Wildman–Crippen MR) is 106 cm³/mol. The largest absolute Gasteiger partial charge is 0.507 e. The van der Waals surface area contributed by atoms with E-state index in [1.165, 1.54) is 0 Å². The molecule has 1 aliphatic rings. The number of phenols is 1. The van der Waals surface area contributed by atoms with Crippen LogP contribution in [-0.2, 0) is 0 Å². The van der Waals surface area contributed by atoms with Gasteiger partial charge in [0.05, 0.1) is 5.56 Å². The molecule has 0 aromatic heterocycles. The number of phenolic OH excluding ortho intramolecular Hbond substituents is 1. The molecular weight excluding hydrogens is 326 g/mol. The first-order chi connectivity index (χ1) is 12.6. The SMILES string of the molecule is CCCN1C(=O)c2ccccc2N[C@H]1c1ccc(N(CC)CC)cc1O. The third kappa shape index (κ3) is 3.21. The van der Waals surface area contributed by atoms with Gasteiger partial charge in [0.1, 0.15) is 11.9 Å². The third-order valence-corrected chi connectivity index (χ3v) is 4.92. The summed E-state index contributed by atoms with van der Waals surface area (Å²) >= 11 is 0. The maximum absolute atomic E-state index is 13.0. The van der Waals surface area contributed by atoms with Crippen molar-refractivity contribution in [1.82, 2.24) is 4.90 Å². The Morgan fingerprint density at radius 2 is 1.85 bits per heavy atom. The predicted octanol–water partition coefficient (Wildman–Crippen LogP) is 4.21. The zero-order valence-electron chi connectivity index (χ0n) is 15.7. The van der Waals surface area contributed by atoms with Crippen LogP contribution in [0.2, 0.25) is 0 Å². The topological polar surface area (TPSA) is 55.8 Å². The summed E-state index contributed by atoms with van der Waals surface area (Å²) in [6, 6.07) is 13.3. The number of carbonyl (C=O) groups is 1. The lowest BCUT2D eigenvalue weighted by Gasteiger charge is -2.38. The zero-order valence-corrected chi connectivity index (χ0v) is 15.7. The summed E-state index contributed by atoms with van der Waals surface area (Å²) in [6.45, 7) is 8.62. The van der Waals surface area contributed by atoms with Gasteiger partial charge in [-0.15, -0.1) is 0 Å². The van der Waals surface area contributed by atoms with Gasteiger partial charge in [-0.25, -0.2) is 0 Å². The molecule has 0 fully saturated rings. The van der Waals surface area contributed by atoms with Crippen LogP contribution in [0.15, 0.2) is 42.5 Å². The van der Waals surface area contributed by atoms with Crippen LogP contribution in [0, 0.1) is 0 Å². The molecule has 2 N–H and O–H groups in total. The molecular formula is C21H27N3O2. The molecule has 5 heteroatoms. The van der Waals surface area contributed by atoms with E-state index in [4.69, 9.17) is 0 Å². The number of nitrogens with zero attached hydrogens (tertiary/aromatic N) is 2. The molecule has 138 valence electrons.